The highest BCUT2D eigenvalue weighted by atomic mass is 35.5. The molecule has 0 bridgehead atoms. The summed E-state index contributed by atoms with van der Waals surface area (Å²) in [5.74, 6) is 0. The lowest BCUT2D eigenvalue weighted by Crippen LogP contribution is -2.28. The molecule has 0 fully saturated rings. The van der Waals surface area contributed by atoms with Crippen molar-refractivity contribution < 1.29 is 4.74 Å². The average molecular weight is 272 g/mol. The number of ether oxygens (including phenoxy) is 1. The molecule has 0 aliphatic rings. The van der Waals surface area contributed by atoms with Gasteiger partial charge in [-0.25, -0.2) is 0 Å². The molecular weight excluding hydrogens is 246 g/mol. The van der Waals surface area contributed by atoms with Gasteiger partial charge in [0.1, 0.15) is 0 Å². The Morgan fingerprint density at radius 3 is 2.11 bits per heavy atom. The first-order chi connectivity index (χ1) is 8.58. The Bertz CT molecular complexity index is 329. The minimum Gasteiger partial charge on any atom is -0.380 e. The molecule has 0 heterocycles. The molecule has 2 nitrogen and oxygen atoms in total. The number of hydrogen-bond donors (Lipinski definition) is 1. The van der Waals surface area contributed by atoms with Crippen LogP contribution in [0.25, 0.3) is 0 Å². The van der Waals surface area contributed by atoms with E-state index in [4.69, 9.17) is 16.3 Å². The van der Waals surface area contributed by atoms with Crippen molar-refractivity contribution in [2.75, 3.05) is 20.7 Å². The smallest absolute Gasteiger partial charge is 0.0735 e. The second-order valence-electron chi connectivity index (χ2n) is 4.14. The van der Waals surface area contributed by atoms with Crippen LogP contribution in [0.4, 0.5) is 0 Å². The van der Waals surface area contributed by atoms with E-state index >= 15 is 0 Å². The highest BCUT2D eigenvalue weighted by Crippen LogP contribution is 2.21. The van der Waals surface area contributed by atoms with E-state index in [1.54, 1.807) is 7.11 Å². The molecule has 1 aromatic rings. The van der Waals surface area contributed by atoms with Crippen LogP contribution >= 0.6 is 11.6 Å². The lowest BCUT2D eigenvalue weighted by molar-refractivity contribution is 0.104. The lowest BCUT2D eigenvalue weighted by atomic mass is 9.97. The van der Waals surface area contributed by atoms with Crippen LogP contribution in [0.2, 0.25) is 5.02 Å². The molecule has 0 amide bonds. The molecular formula is C15H26ClNO. The quantitative estimate of drug-likeness (QED) is 0.880. The fourth-order valence-electron chi connectivity index (χ4n) is 1.96. The topological polar surface area (TPSA) is 21.3 Å². The first kappa shape index (κ1) is 17.4. The molecule has 0 radical (unpaired) electrons. The summed E-state index contributed by atoms with van der Waals surface area (Å²) in [6.45, 7) is 9.05. The average Bonchev–Trinajstić information content (AvgIpc) is 2.34. The van der Waals surface area contributed by atoms with Crippen LogP contribution in [0.3, 0.4) is 0 Å². The number of benzene rings is 1. The monoisotopic (exact) mass is 271 g/mol. The van der Waals surface area contributed by atoms with E-state index in [1.807, 2.05) is 33.0 Å². The van der Waals surface area contributed by atoms with E-state index in [0.29, 0.717) is 0 Å². The maximum Gasteiger partial charge on any atom is 0.0735 e. The fourth-order valence-corrected chi connectivity index (χ4v) is 2.28. The van der Waals surface area contributed by atoms with E-state index in [1.165, 1.54) is 16.7 Å². The minimum atomic E-state index is 0.212. The van der Waals surface area contributed by atoms with E-state index in [2.05, 4.69) is 19.2 Å². The molecule has 1 aromatic carbocycles. The lowest BCUT2D eigenvalue weighted by Gasteiger charge is -2.18. The molecule has 0 saturated heterocycles. The van der Waals surface area contributed by atoms with Gasteiger partial charge in [-0.2, -0.15) is 0 Å². The number of nitrogens with one attached hydrogen (secondary N) is 1. The SMILES string of the molecule is CC.CNCC(Cc1c(C)cc(Cl)cc1C)OC. The van der Waals surface area contributed by atoms with Gasteiger partial charge in [-0.05, 0) is 49.7 Å². The summed E-state index contributed by atoms with van der Waals surface area (Å²) in [6.07, 6.45) is 1.13. The molecule has 0 aromatic heterocycles. The summed E-state index contributed by atoms with van der Waals surface area (Å²) >= 11 is 6.01. The molecule has 0 aliphatic heterocycles. The summed E-state index contributed by atoms with van der Waals surface area (Å²) in [7, 11) is 3.69. The van der Waals surface area contributed by atoms with Gasteiger partial charge in [-0.15, -0.1) is 0 Å². The van der Waals surface area contributed by atoms with Gasteiger partial charge in [0.25, 0.3) is 0 Å². The summed E-state index contributed by atoms with van der Waals surface area (Å²) < 4.78 is 5.44. The Balaban J connectivity index is 0.00000137. The van der Waals surface area contributed by atoms with Gasteiger partial charge in [0.05, 0.1) is 6.10 Å². The van der Waals surface area contributed by atoms with Crippen molar-refractivity contribution in [2.24, 2.45) is 0 Å². The van der Waals surface area contributed by atoms with Crippen molar-refractivity contribution >= 4 is 11.6 Å². The zero-order chi connectivity index (χ0) is 14.1. The first-order valence-electron chi connectivity index (χ1n) is 6.51. The Morgan fingerprint density at radius 2 is 1.72 bits per heavy atom. The zero-order valence-corrected chi connectivity index (χ0v) is 13.2. The van der Waals surface area contributed by atoms with Crippen molar-refractivity contribution in [1.82, 2.24) is 5.32 Å². The molecule has 0 saturated carbocycles. The number of rotatable bonds is 5. The van der Waals surface area contributed by atoms with Gasteiger partial charge >= 0.3 is 0 Å². The first-order valence-corrected chi connectivity index (χ1v) is 6.89. The van der Waals surface area contributed by atoms with Crippen LogP contribution in [0.1, 0.15) is 30.5 Å². The van der Waals surface area contributed by atoms with Gasteiger partial charge in [0.2, 0.25) is 0 Å². The summed E-state index contributed by atoms with van der Waals surface area (Å²) in [4.78, 5) is 0. The summed E-state index contributed by atoms with van der Waals surface area (Å²) in [5, 5.41) is 3.94. The van der Waals surface area contributed by atoms with Gasteiger partial charge < -0.3 is 10.1 Å². The van der Waals surface area contributed by atoms with E-state index in [0.717, 1.165) is 18.0 Å². The maximum atomic E-state index is 6.01. The molecule has 1 N–H and O–H groups in total. The van der Waals surface area contributed by atoms with Crippen LogP contribution < -0.4 is 5.32 Å². The number of halogens is 1. The Hall–Kier alpha value is -0.570. The van der Waals surface area contributed by atoms with Gasteiger partial charge in [-0.1, -0.05) is 25.4 Å². The largest absolute Gasteiger partial charge is 0.380 e. The Kier molecular flexibility index (Phi) is 9.08. The van der Waals surface area contributed by atoms with Crippen LogP contribution in [0.5, 0.6) is 0 Å². The van der Waals surface area contributed by atoms with Crippen molar-refractivity contribution in [3.63, 3.8) is 0 Å². The van der Waals surface area contributed by atoms with Crippen LogP contribution in [-0.2, 0) is 11.2 Å². The minimum absolute atomic E-state index is 0.212. The van der Waals surface area contributed by atoms with Gasteiger partial charge in [0.15, 0.2) is 0 Å². The van der Waals surface area contributed by atoms with Crippen LogP contribution in [0.15, 0.2) is 12.1 Å². The third kappa shape index (κ3) is 5.38. The zero-order valence-electron chi connectivity index (χ0n) is 12.4. The molecule has 1 atom stereocenters. The standard InChI is InChI=1S/C13H20ClNO.C2H6/c1-9-5-11(14)6-10(2)13(9)7-12(16-4)8-15-3;1-2/h5-6,12,15H,7-8H2,1-4H3;1-2H3. The second kappa shape index (κ2) is 9.37. The van der Waals surface area contributed by atoms with Crippen molar-refractivity contribution in [3.8, 4) is 0 Å². The van der Waals surface area contributed by atoms with Crippen molar-refractivity contribution in [1.29, 1.82) is 0 Å². The molecule has 0 aliphatic carbocycles. The van der Waals surface area contributed by atoms with Gasteiger partial charge in [-0.3, -0.25) is 0 Å². The number of hydrogen-bond acceptors (Lipinski definition) is 2. The third-order valence-corrected chi connectivity index (χ3v) is 3.08. The predicted molar refractivity (Wildman–Crippen MR) is 80.7 cm³/mol. The van der Waals surface area contributed by atoms with E-state index < -0.39 is 0 Å². The third-order valence-electron chi connectivity index (χ3n) is 2.86. The molecule has 1 rings (SSSR count). The van der Waals surface area contributed by atoms with E-state index in [9.17, 15) is 0 Å². The van der Waals surface area contributed by atoms with Crippen molar-refractivity contribution in [2.45, 2.75) is 40.2 Å². The Labute approximate surface area is 117 Å². The van der Waals surface area contributed by atoms with Crippen LogP contribution in [0, 0.1) is 13.8 Å². The maximum absolute atomic E-state index is 6.01. The predicted octanol–water partition coefficient (Wildman–Crippen LogP) is 3.76. The highest BCUT2D eigenvalue weighted by molar-refractivity contribution is 6.30. The number of aryl methyl sites for hydroxylation is 2. The summed E-state index contributed by atoms with van der Waals surface area (Å²) in [5.41, 5.74) is 3.82. The molecule has 3 heteroatoms. The Morgan fingerprint density at radius 1 is 1.22 bits per heavy atom. The molecule has 1 unspecified atom stereocenters. The molecule has 0 spiro atoms. The normalized spacial score (nSPS) is 11.7. The highest BCUT2D eigenvalue weighted by Gasteiger charge is 2.11. The molecule has 104 valence electrons. The van der Waals surface area contributed by atoms with Gasteiger partial charge in [0, 0.05) is 25.1 Å². The second-order valence-corrected chi connectivity index (χ2v) is 4.57. The van der Waals surface area contributed by atoms with Crippen LogP contribution in [-0.4, -0.2) is 26.8 Å². The van der Waals surface area contributed by atoms with E-state index in [-0.39, 0.29) is 6.10 Å². The number of likely N-dealkylation sites (N-methyl/N-ethyl adjacent to an activating group) is 1. The van der Waals surface area contributed by atoms with Crippen molar-refractivity contribution in [3.05, 3.63) is 33.8 Å². The fraction of sp³-hybridized carbons (Fsp3) is 0.600. The summed E-state index contributed by atoms with van der Waals surface area (Å²) in [6, 6.07) is 4.02. The number of methoxy groups -OCH3 is 1. The molecule has 18 heavy (non-hydrogen) atoms.